The van der Waals surface area contributed by atoms with Crippen LogP contribution in [0.15, 0.2) is 24.3 Å². The van der Waals surface area contributed by atoms with Gasteiger partial charge in [-0.15, -0.1) is 0 Å². The average Bonchev–Trinajstić information content (AvgIpc) is 2.96. The Hall–Kier alpha value is -1.06. The summed E-state index contributed by atoms with van der Waals surface area (Å²) in [4.78, 5) is 0. The SMILES string of the molecule is CCC(O)c1ccccc1OCCCC1CCCO1. The number of hydrogen-bond acceptors (Lipinski definition) is 3. The topological polar surface area (TPSA) is 38.7 Å². The smallest absolute Gasteiger partial charge is 0.125 e. The summed E-state index contributed by atoms with van der Waals surface area (Å²) >= 11 is 0. The molecule has 0 radical (unpaired) electrons. The van der Waals surface area contributed by atoms with Crippen LogP contribution in [0.1, 0.15) is 50.7 Å². The van der Waals surface area contributed by atoms with E-state index in [1.807, 2.05) is 31.2 Å². The Balaban J connectivity index is 1.78. The monoisotopic (exact) mass is 264 g/mol. The first-order chi connectivity index (χ1) is 9.31. The molecule has 3 heteroatoms. The fourth-order valence-electron chi connectivity index (χ4n) is 2.47. The van der Waals surface area contributed by atoms with Crippen LogP contribution in [-0.4, -0.2) is 24.4 Å². The van der Waals surface area contributed by atoms with Crippen LogP contribution in [0.2, 0.25) is 0 Å². The molecule has 19 heavy (non-hydrogen) atoms. The minimum absolute atomic E-state index is 0.431. The normalized spacial score (nSPS) is 20.4. The van der Waals surface area contributed by atoms with Crippen LogP contribution < -0.4 is 4.74 Å². The summed E-state index contributed by atoms with van der Waals surface area (Å²) < 4.78 is 11.4. The Labute approximate surface area is 115 Å². The van der Waals surface area contributed by atoms with Gasteiger partial charge in [0.2, 0.25) is 0 Å². The van der Waals surface area contributed by atoms with Gasteiger partial charge in [-0.3, -0.25) is 0 Å². The fourth-order valence-corrected chi connectivity index (χ4v) is 2.47. The predicted octanol–water partition coefficient (Wildman–Crippen LogP) is 3.47. The molecule has 2 atom stereocenters. The maximum Gasteiger partial charge on any atom is 0.125 e. The minimum atomic E-state index is -0.436. The van der Waals surface area contributed by atoms with E-state index in [2.05, 4.69) is 0 Å². The molecular weight excluding hydrogens is 240 g/mol. The molecule has 0 aliphatic carbocycles. The largest absolute Gasteiger partial charge is 0.493 e. The molecule has 1 saturated heterocycles. The van der Waals surface area contributed by atoms with Crippen LogP contribution in [-0.2, 0) is 4.74 Å². The van der Waals surface area contributed by atoms with Crippen molar-refractivity contribution in [2.24, 2.45) is 0 Å². The average molecular weight is 264 g/mol. The summed E-state index contributed by atoms with van der Waals surface area (Å²) in [5.74, 6) is 0.809. The Morgan fingerprint density at radius 3 is 3.00 bits per heavy atom. The molecule has 106 valence electrons. The van der Waals surface area contributed by atoms with Crippen molar-refractivity contribution in [3.63, 3.8) is 0 Å². The van der Waals surface area contributed by atoms with Gasteiger partial charge in [-0.2, -0.15) is 0 Å². The number of ether oxygens (including phenoxy) is 2. The summed E-state index contributed by atoms with van der Waals surface area (Å²) in [5.41, 5.74) is 0.891. The lowest BCUT2D eigenvalue weighted by Crippen LogP contribution is -2.08. The quantitative estimate of drug-likeness (QED) is 0.766. The zero-order valence-electron chi connectivity index (χ0n) is 11.7. The van der Waals surface area contributed by atoms with Gasteiger partial charge in [-0.25, -0.2) is 0 Å². The maximum atomic E-state index is 9.94. The molecule has 1 aliphatic heterocycles. The van der Waals surface area contributed by atoms with Crippen LogP contribution in [0, 0.1) is 0 Å². The van der Waals surface area contributed by atoms with E-state index in [9.17, 15) is 5.11 Å². The third-order valence-corrected chi connectivity index (χ3v) is 3.62. The lowest BCUT2D eigenvalue weighted by atomic mass is 10.1. The zero-order chi connectivity index (χ0) is 13.5. The molecule has 1 aromatic rings. The molecule has 1 aliphatic rings. The third-order valence-electron chi connectivity index (χ3n) is 3.62. The molecular formula is C16H24O3. The van der Waals surface area contributed by atoms with Crippen LogP contribution >= 0.6 is 0 Å². The van der Waals surface area contributed by atoms with Crippen LogP contribution in [0.4, 0.5) is 0 Å². The molecule has 0 spiro atoms. The van der Waals surface area contributed by atoms with Crippen molar-refractivity contribution in [2.45, 2.75) is 51.2 Å². The Kier molecular flexibility index (Phi) is 5.67. The number of aliphatic hydroxyl groups excluding tert-OH is 1. The summed E-state index contributed by atoms with van der Waals surface area (Å²) in [6, 6.07) is 7.75. The van der Waals surface area contributed by atoms with Crippen molar-refractivity contribution in [2.75, 3.05) is 13.2 Å². The first-order valence-electron chi connectivity index (χ1n) is 7.32. The van der Waals surface area contributed by atoms with E-state index < -0.39 is 6.10 Å². The molecule has 0 saturated carbocycles. The van der Waals surface area contributed by atoms with Gasteiger partial charge in [0.05, 0.1) is 18.8 Å². The first-order valence-corrected chi connectivity index (χ1v) is 7.32. The second-order valence-electron chi connectivity index (χ2n) is 5.09. The summed E-state index contributed by atoms with van der Waals surface area (Å²) in [6.07, 6.45) is 5.15. The molecule has 2 unspecified atom stereocenters. The molecule has 3 nitrogen and oxygen atoms in total. The van der Waals surface area contributed by atoms with Gasteiger partial charge in [0.1, 0.15) is 5.75 Å². The van der Waals surface area contributed by atoms with E-state index in [1.165, 1.54) is 12.8 Å². The summed E-state index contributed by atoms with van der Waals surface area (Å²) in [7, 11) is 0. The number of hydrogen-bond donors (Lipinski definition) is 1. The highest BCUT2D eigenvalue weighted by atomic mass is 16.5. The van der Waals surface area contributed by atoms with Gasteiger partial charge in [0.25, 0.3) is 0 Å². The molecule has 2 rings (SSSR count). The molecule has 1 heterocycles. The minimum Gasteiger partial charge on any atom is -0.493 e. The highest BCUT2D eigenvalue weighted by Gasteiger charge is 2.15. The first kappa shape index (κ1) is 14.4. The van der Waals surface area contributed by atoms with Crippen molar-refractivity contribution in [1.82, 2.24) is 0 Å². The van der Waals surface area contributed by atoms with Crippen molar-refractivity contribution < 1.29 is 14.6 Å². The summed E-state index contributed by atoms with van der Waals surface area (Å²) in [5, 5.41) is 9.94. The van der Waals surface area contributed by atoms with Crippen molar-refractivity contribution >= 4 is 0 Å². The van der Waals surface area contributed by atoms with E-state index in [4.69, 9.17) is 9.47 Å². The van der Waals surface area contributed by atoms with Gasteiger partial charge in [-0.05, 0) is 38.2 Å². The molecule has 1 aromatic carbocycles. The number of rotatable bonds is 7. The van der Waals surface area contributed by atoms with E-state index in [-0.39, 0.29) is 0 Å². The zero-order valence-corrected chi connectivity index (χ0v) is 11.7. The third kappa shape index (κ3) is 4.22. The Morgan fingerprint density at radius 1 is 1.42 bits per heavy atom. The fraction of sp³-hybridized carbons (Fsp3) is 0.625. The van der Waals surface area contributed by atoms with E-state index in [0.29, 0.717) is 19.1 Å². The van der Waals surface area contributed by atoms with Crippen molar-refractivity contribution in [3.05, 3.63) is 29.8 Å². The molecule has 0 amide bonds. The molecule has 1 N–H and O–H groups in total. The van der Waals surface area contributed by atoms with Crippen molar-refractivity contribution in [1.29, 1.82) is 0 Å². The second kappa shape index (κ2) is 7.51. The number of para-hydroxylation sites is 1. The standard InChI is InChI=1S/C16H24O3/c1-2-15(17)14-9-3-4-10-16(14)19-12-6-8-13-7-5-11-18-13/h3-4,9-10,13,15,17H,2,5-8,11-12H2,1H3. The highest BCUT2D eigenvalue weighted by molar-refractivity contribution is 5.34. The van der Waals surface area contributed by atoms with Gasteiger partial charge >= 0.3 is 0 Å². The lowest BCUT2D eigenvalue weighted by molar-refractivity contribution is 0.0977. The van der Waals surface area contributed by atoms with Crippen LogP contribution in [0.5, 0.6) is 5.75 Å². The predicted molar refractivity (Wildman–Crippen MR) is 75.4 cm³/mol. The van der Waals surface area contributed by atoms with E-state index in [1.54, 1.807) is 0 Å². The Bertz CT molecular complexity index is 372. The van der Waals surface area contributed by atoms with Crippen LogP contribution in [0.25, 0.3) is 0 Å². The molecule has 0 aromatic heterocycles. The van der Waals surface area contributed by atoms with E-state index in [0.717, 1.165) is 30.8 Å². The lowest BCUT2D eigenvalue weighted by Gasteiger charge is -2.15. The van der Waals surface area contributed by atoms with Crippen LogP contribution in [0.3, 0.4) is 0 Å². The molecule has 0 bridgehead atoms. The van der Waals surface area contributed by atoms with Gasteiger partial charge in [-0.1, -0.05) is 25.1 Å². The molecule has 1 fully saturated rings. The number of benzene rings is 1. The second-order valence-corrected chi connectivity index (χ2v) is 5.09. The van der Waals surface area contributed by atoms with Gasteiger partial charge in [0.15, 0.2) is 0 Å². The van der Waals surface area contributed by atoms with E-state index >= 15 is 0 Å². The highest BCUT2D eigenvalue weighted by Crippen LogP contribution is 2.27. The Morgan fingerprint density at radius 2 is 2.26 bits per heavy atom. The maximum absolute atomic E-state index is 9.94. The van der Waals surface area contributed by atoms with Gasteiger partial charge < -0.3 is 14.6 Å². The number of aliphatic hydroxyl groups is 1. The summed E-state index contributed by atoms with van der Waals surface area (Å²) in [6.45, 7) is 3.57. The van der Waals surface area contributed by atoms with Crippen molar-refractivity contribution in [3.8, 4) is 5.75 Å². The van der Waals surface area contributed by atoms with Gasteiger partial charge in [0, 0.05) is 12.2 Å².